The SMILES string of the molecule is CCc1cc(Br)ccc1-c1ccc(CNC)o1. The molecule has 2 nitrogen and oxygen atoms in total. The zero-order valence-electron chi connectivity index (χ0n) is 10.1. The van der Waals surface area contributed by atoms with Gasteiger partial charge >= 0.3 is 0 Å². The highest BCUT2D eigenvalue weighted by Crippen LogP contribution is 2.28. The van der Waals surface area contributed by atoms with Crippen molar-refractivity contribution in [1.29, 1.82) is 0 Å². The minimum absolute atomic E-state index is 0.762. The van der Waals surface area contributed by atoms with Crippen LogP contribution >= 0.6 is 15.9 Å². The van der Waals surface area contributed by atoms with Crippen LogP contribution in [-0.4, -0.2) is 7.05 Å². The zero-order chi connectivity index (χ0) is 12.3. The number of furan rings is 1. The first kappa shape index (κ1) is 12.4. The number of hydrogen-bond acceptors (Lipinski definition) is 2. The highest BCUT2D eigenvalue weighted by atomic mass is 79.9. The monoisotopic (exact) mass is 293 g/mol. The summed E-state index contributed by atoms with van der Waals surface area (Å²) in [5.74, 6) is 1.91. The largest absolute Gasteiger partial charge is 0.460 e. The highest BCUT2D eigenvalue weighted by Gasteiger charge is 2.08. The molecule has 0 spiro atoms. The summed E-state index contributed by atoms with van der Waals surface area (Å²) in [5.41, 5.74) is 2.47. The maximum atomic E-state index is 5.81. The predicted octanol–water partition coefficient (Wildman–Crippen LogP) is 3.99. The van der Waals surface area contributed by atoms with Crippen LogP contribution in [0.2, 0.25) is 0 Å². The molecule has 2 aromatic rings. The molecule has 1 heterocycles. The fraction of sp³-hybridized carbons (Fsp3) is 0.286. The Morgan fingerprint density at radius 1 is 1.24 bits per heavy atom. The predicted molar refractivity (Wildman–Crippen MR) is 74.0 cm³/mol. The molecule has 0 fully saturated rings. The molecule has 1 N–H and O–H groups in total. The quantitative estimate of drug-likeness (QED) is 0.922. The second-order valence-corrected chi connectivity index (χ2v) is 4.87. The summed E-state index contributed by atoms with van der Waals surface area (Å²) < 4.78 is 6.93. The van der Waals surface area contributed by atoms with Crippen LogP contribution in [-0.2, 0) is 13.0 Å². The van der Waals surface area contributed by atoms with Gasteiger partial charge in [-0.3, -0.25) is 0 Å². The standard InChI is InChI=1S/C14H16BrNO/c1-3-10-8-11(15)4-6-13(10)14-7-5-12(17-14)9-16-2/h4-8,16H,3,9H2,1-2H3. The fourth-order valence-corrected chi connectivity index (χ4v) is 2.30. The van der Waals surface area contributed by atoms with Crippen molar-refractivity contribution in [1.82, 2.24) is 5.32 Å². The lowest BCUT2D eigenvalue weighted by molar-refractivity contribution is 0.507. The summed E-state index contributed by atoms with van der Waals surface area (Å²) >= 11 is 3.50. The van der Waals surface area contributed by atoms with Gasteiger partial charge in [-0.1, -0.05) is 22.9 Å². The molecule has 0 bridgehead atoms. The van der Waals surface area contributed by atoms with E-state index in [4.69, 9.17) is 4.42 Å². The second kappa shape index (κ2) is 5.52. The van der Waals surface area contributed by atoms with Gasteiger partial charge in [-0.2, -0.15) is 0 Å². The molecule has 2 rings (SSSR count). The van der Waals surface area contributed by atoms with Crippen LogP contribution in [0.25, 0.3) is 11.3 Å². The molecule has 90 valence electrons. The van der Waals surface area contributed by atoms with E-state index in [0.717, 1.165) is 29.0 Å². The summed E-state index contributed by atoms with van der Waals surface area (Å²) in [6, 6.07) is 10.4. The molecule has 17 heavy (non-hydrogen) atoms. The van der Waals surface area contributed by atoms with E-state index >= 15 is 0 Å². The van der Waals surface area contributed by atoms with Gasteiger partial charge in [0.25, 0.3) is 0 Å². The first-order valence-corrected chi connectivity index (χ1v) is 6.56. The number of hydrogen-bond donors (Lipinski definition) is 1. The van der Waals surface area contributed by atoms with Gasteiger partial charge in [0.05, 0.1) is 6.54 Å². The topological polar surface area (TPSA) is 25.2 Å². The Morgan fingerprint density at radius 2 is 2.06 bits per heavy atom. The number of halogens is 1. The fourth-order valence-electron chi connectivity index (χ4n) is 1.89. The van der Waals surface area contributed by atoms with Crippen LogP contribution in [0.15, 0.2) is 39.2 Å². The van der Waals surface area contributed by atoms with Gasteiger partial charge in [0.1, 0.15) is 11.5 Å². The van der Waals surface area contributed by atoms with Crippen molar-refractivity contribution in [3.63, 3.8) is 0 Å². The third-order valence-electron chi connectivity index (χ3n) is 2.73. The average Bonchev–Trinajstić information content (AvgIpc) is 2.78. The molecule has 0 aliphatic rings. The Balaban J connectivity index is 2.37. The molecule has 3 heteroatoms. The van der Waals surface area contributed by atoms with Gasteiger partial charge in [-0.25, -0.2) is 0 Å². The van der Waals surface area contributed by atoms with E-state index in [1.807, 2.05) is 19.2 Å². The Morgan fingerprint density at radius 3 is 2.76 bits per heavy atom. The average molecular weight is 294 g/mol. The summed E-state index contributed by atoms with van der Waals surface area (Å²) in [4.78, 5) is 0. The van der Waals surface area contributed by atoms with Crippen molar-refractivity contribution in [2.45, 2.75) is 19.9 Å². The second-order valence-electron chi connectivity index (χ2n) is 3.95. The van der Waals surface area contributed by atoms with Gasteiger partial charge in [-0.05, 0) is 49.4 Å². The van der Waals surface area contributed by atoms with Gasteiger partial charge in [0.15, 0.2) is 0 Å². The van der Waals surface area contributed by atoms with E-state index in [0.29, 0.717) is 0 Å². The van der Waals surface area contributed by atoms with Crippen LogP contribution in [0.3, 0.4) is 0 Å². The highest BCUT2D eigenvalue weighted by molar-refractivity contribution is 9.10. The summed E-state index contributed by atoms with van der Waals surface area (Å²) in [6.07, 6.45) is 0.997. The van der Waals surface area contributed by atoms with Crippen molar-refractivity contribution in [3.05, 3.63) is 46.1 Å². The molecule has 0 saturated heterocycles. The van der Waals surface area contributed by atoms with Crippen molar-refractivity contribution < 1.29 is 4.42 Å². The van der Waals surface area contributed by atoms with Crippen LogP contribution in [0.4, 0.5) is 0 Å². The van der Waals surface area contributed by atoms with Gasteiger partial charge in [0, 0.05) is 10.0 Å². The molecule has 1 aromatic heterocycles. The van der Waals surface area contributed by atoms with Gasteiger partial charge in [0.2, 0.25) is 0 Å². The third-order valence-corrected chi connectivity index (χ3v) is 3.22. The Bertz CT molecular complexity index is 505. The summed E-state index contributed by atoms with van der Waals surface area (Å²) in [5, 5.41) is 3.09. The van der Waals surface area contributed by atoms with Crippen LogP contribution in [0.5, 0.6) is 0 Å². The van der Waals surface area contributed by atoms with E-state index in [-0.39, 0.29) is 0 Å². The molecule has 0 amide bonds. The van der Waals surface area contributed by atoms with Gasteiger partial charge in [-0.15, -0.1) is 0 Å². The molecule has 0 radical (unpaired) electrons. The lowest BCUT2D eigenvalue weighted by atomic mass is 10.0. The van der Waals surface area contributed by atoms with Crippen LogP contribution in [0.1, 0.15) is 18.2 Å². The van der Waals surface area contributed by atoms with E-state index in [2.05, 4.69) is 46.4 Å². The maximum absolute atomic E-state index is 5.81. The van der Waals surface area contributed by atoms with Gasteiger partial charge < -0.3 is 9.73 Å². The minimum Gasteiger partial charge on any atom is -0.460 e. The van der Waals surface area contributed by atoms with E-state index < -0.39 is 0 Å². The van der Waals surface area contributed by atoms with Crippen LogP contribution < -0.4 is 5.32 Å². The van der Waals surface area contributed by atoms with Crippen molar-refractivity contribution >= 4 is 15.9 Å². The van der Waals surface area contributed by atoms with Crippen LogP contribution in [0, 0.1) is 0 Å². The summed E-state index contributed by atoms with van der Waals surface area (Å²) in [6.45, 7) is 2.92. The molecule has 0 saturated carbocycles. The number of nitrogens with one attached hydrogen (secondary N) is 1. The minimum atomic E-state index is 0.762. The van der Waals surface area contributed by atoms with E-state index in [1.54, 1.807) is 0 Å². The molecule has 0 aliphatic heterocycles. The number of aryl methyl sites for hydroxylation is 1. The third kappa shape index (κ3) is 2.79. The molecular formula is C14H16BrNO. The first-order chi connectivity index (χ1) is 8.24. The lowest BCUT2D eigenvalue weighted by Crippen LogP contribution is -2.03. The number of benzene rings is 1. The molecule has 0 atom stereocenters. The smallest absolute Gasteiger partial charge is 0.134 e. The van der Waals surface area contributed by atoms with Crippen molar-refractivity contribution in [2.24, 2.45) is 0 Å². The molecular weight excluding hydrogens is 278 g/mol. The molecule has 1 aromatic carbocycles. The Labute approximate surface area is 110 Å². The Kier molecular flexibility index (Phi) is 4.02. The zero-order valence-corrected chi connectivity index (χ0v) is 11.7. The summed E-state index contributed by atoms with van der Waals surface area (Å²) in [7, 11) is 1.92. The van der Waals surface area contributed by atoms with Crippen molar-refractivity contribution in [2.75, 3.05) is 7.05 Å². The Hall–Kier alpha value is -1.06. The molecule has 0 unspecified atom stereocenters. The number of rotatable bonds is 4. The van der Waals surface area contributed by atoms with Crippen molar-refractivity contribution in [3.8, 4) is 11.3 Å². The van der Waals surface area contributed by atoms with E-state index in [9.17, 15) is 0 Å². The first-order valence-electron chi connectivity index (χ1n) is 5.76. The normalized spacial score (nSPS) is 10.8. The van der Waals surface area contributed by atoms with E-state index in [1.165, 1.54) is 11.1 Å². The maximum Gasteiger partial charge on any atom is 0.134 e. The lowest BCUT2D eigenvalue weighted by Gasteiger charge is -2.05. The molecule has 0 aliphatic carbocycles.